The number of rotatable bonds is 6. The van der Waals surface area contributed by atoms with Crippen LogP contribution in [0.2, 0.25) is 0 Å². The molecule has 0 spiro atoms. The van der Waals surface area contributed by atoms with Crippen LogP contribution in [0.15, 0.2) is 12.2 Å². The summed E-state index contributed by atoms with van der Waals surface area (Å²) in [5.41, 5.74) is 0. The molecule has 0 aromatic rings. The van der Waals surface area contributed by atoms with Crippen LogP contribution in [0.3, 0.4) is 0 Å². The van der Waals surface area contributed by atoms with Gasteiger partial charge in [-0.1, -0.05) is 25.5 Å². The molecule has 0 atom stereocenters. The van der Waals surface area contributed by atoms with Gasteiger partial charge in [0, 0.05) is 6.92 Å². The summed E-state index contributed by atoms with van der Waals surface area (Å²) in [5, 5.41) is 0. The van der Waals surface area contributed by atoms with Crippen LogP contribution in [-0.2, 0) is 9.53 Å². The van der Waals surface area contributed by atoms with E-state index in [0.717, 1.165) is 19.3 Å². The fraction of sp³-hybridized carbons (Fsp3) is 0.700. The van der Waals surface area contributed by atoms with Gasteiger partial charge in [0.05, 0.1) is 6.61 Å². The minimum atomic E-state index is -0.187. The number of carbonyl (C=O) groups excluding carboxylic acids is 1. The topological polar surface area (TPSA) is 26.3 Å². The summed E-state index contributed by atoms with van der Waals surface area (Å²) in [5.74, 6) is -0.187. The number of carbonyl (C=O) groups is 1. The molecule has 2 heteroatoms. The summed E-state index contributed by atoms with van der Waals surface area (Å²) in [6, 6.07) is 0. The summed E-state index contributed by atoms with van der Waals surface area (Å²) in [6.07, 6.45) is 8.60. The Morgan fingerprint density at radius 1 is 1.33 bits per heavy atom. The number of ether oxygens (including phenoxy) is 1. The summed E-state index contributed by atoms with van der Waals surface area (Å²) in [7, 11) is 0. The second kappa shape index (κ2) is 8.31. The van der Waals surface area contributed by atoms with Gasteiger partial charge < -0.3 is 4.74 Å². The monoisotopic (exact) mass is 170 g/mol. The van der Waals surface area contributed by atoms with Crippen LogP contribution in [0.5, 0.6) is 0 Å². The molecule has 0 amide bonds. The molecule has 0 saturated carbocycles. The van der Waals surface area contributed by atoms with E-state index in [1.165, 1.54) is 13.3 Å². The Kier molecular flexibility index (Phi) is 7.76. The second-order valence-electron chi connectivity index (χ2n) is 2.74. The maximum absolute atomic E-state index is 10.3. The summed E-state index contributed by atoms with van der Waals surface area (Å²) in [4.78, 5) is 10.3. The van der Waals surface area contributed by atoms with E-state index in [1.54, 1.807) is 0 Å². The molecule has 0 aliphatic carbocycles. The van der Waals surface area contributed by atoms with Crippen molar-refractivity contribution >= 4 is 5.97 Å². The highest BCUT2D eigenvalue weighted by Gasteiger charge is 1.89. The Labute approximate surface area is 74.6 Å². The molecule has 0 aliphatic heterocycles. The first-order valence-electron chi connectivity index (χ1n) is 4.55. The minimum Gasteiger partial charge on any atom is -0.466 e. The van der Waals surface area contributed by atoms with E-state index in [9.17, 15) is 4.79 Å². The lowest BCUT2D eigenvalue weighted by Crippen LogP contribution is -1.99. The summed E-state index contributed by atoms with van der Waals surface area (Å²) >= 11 is 0. The molecule has 0 N–H and O–H groups in total. The van der Waals surface area contributed by atoms with Crippen LogP contribution >= 0.6 is 0 Å². The molecule has 0 bridgehead atoms. The van der Waals surface area contributed by atoms with Crippen LogP contribution in [0.25, 0.3) is 0 Å². The van der Waals surface area contributed by atoms with Gasteiger partial charge >= 0.3 is 5.97 Å². The summed E-state index contributed by atoms with van der Waals surface area (Å²) in [6.45, 7) is 4.14. The maximum atomic E-state index is 10.3. The van der Waals surface area contributed by atoms with E-state index in [0.29, 0.717) is 6.61 Å². The Morgan fingerprint density at radius 3 is 2.58 bits per heavy atom. The predicted molar refractivity (Wildman–Crippen MR) is 49.9 cm³/mol. The van der Waals surface area contributed by atoms with Crippen molar-refractivity contribution in [3.05, 3.63) is 12.2 Å². The highest BCUT2D eigenvalue weighted by atomic mass is 16.5. The molecule has 12 heavy (non-hydrogen) atoms. The molecule has 0 aromatic heterocycles. The molecule has 0 radical (unpaired) electrons. The number of unbranched alkanes of at least 4 members (excludes halogenated alkanes) is 2. The number of hydrogen-bond donors (Lipinski definition) is 0. The normalized spacial score (nSPS) is 10.5. The van der Waals surface area contributed by atoms with Gasteiger partial charge in [0.2, 0.25) is 0 Å². The molecular weight excluding hydrogens is 152 g/mol. The Hall–Kier alpha value is -0.790. The SMILES string of the molecule is CCC/C=C/CCCOC(C)=O. The van der Waals surface area contributed by atoms with E-state index < -0.39 is 0 Å². The molecule has 0 aliphatic rings. The lowest BCUT2D eigenvalue weighted by molar-refractivity contribution is -0.141. The number of allylic oxidation sites excluding steroid dienone is 2. The minimum absolute atomic E-state index is 0.187. The van der Waals surface area contributed by atoms with Crippen molar-refractivity contribution in [3.8, 4) is 0 Å². The molecule has 0 fully saturated rings. The Morgan fingerprint density at radius 2 is 2.00 bits per heavy atom. The van der Waals surface area contributed by atoms with Gasteiger partial charge in [0.15, 0.2) is 0 Å². The average Bonchev–Trinajstić information content (AvgIpc) is 2.02. The van der Waals surface area contributed by atoms with E-state index in [-0.39, 0.29) is 5.97 Å². The zero-order chi connectivity index (χ0) is 9.23. The van der Waals surface area contributed by atoms with E-state index in [4.69, 9.17) is 4.74 Å². The average molecular weight is 170 g/mol. The van der Waals surface area contributed by atoms with Crippen LogP contribution in [-0.4, -0.2) is 12.6 Å². The molecule has 70 valence electrons. The van der Waals surface area contributed by atoms with Crippen molar-refractivity contribution in [2.75, 3.05) is 6.61 Å². The number of hydrogen-bond acceptors (Lipinski definition) is 2. The smallest absolute Gasteiger partial charge is 0.302 e. The lowest BCUT2D eigenvalue weighted by Gasteiger charge is -1.97. The van der Waals surface area contributed by atoms with Crippen LogP contribution < -0.4 is 0 Å². The molecule has 0 unspecified atom stereocenters. The molecule has 2 nitrogen and oxygen atoms in total. The predicted octanol–water partition coefficient (Wildman–Crippen LogP) is 2.69. The van der Waals surface area contributed by atoms with Crippen molar-refractivity contribution < 1.29 is 9.53 Å². The third-order valence-corrected chi connectivity index (χ3v) is 1.44. The van der Waals surface area contributed by atoms with Crippen molar-refractivity contribution in [2.45, 2.75) is 39.5 Å². The van der Waals surface area contributed by atoms with Gasteiger partial charge in [0.25, 0.3) is 0 Å². The second-order valence-corrected chi connectivity index (χ2v) is 2.74. The van der Waals surface area contributed by atoms with E-state index >= 15 is 0 Å². The van der Waals surface area contributed by atoms with Gasteiger partial charge in [-0.25, -0.2) is 0 Å². The number of esters is 1. The molecule has 0 heterocycles. The van der Waals surface area contributed by atoms with Crippen molar-refractivity contribution in [3.63, 3.8) is 0 Å². The molecule has 0 aromatic carbocycles. The van der Waals surface area contributed by atoms with Gasteiger partial charge in [0.1, 0.15) is 0 Å². The highest BCUT2D eigenvalue weighted by molar-refractivity contribution is 5.65. The van der Waals surface area contributed by atoms with Gasteiger partial charge in [-0.05, 0) is 19.3 Å². The first-order chi connectivity index (χ1) is 5.77. The van der Waals surface area contributed by atoms with Crippen LogP contribution in [0, 0.1) is 0 Å². The largest absolute Gasteiger partial charge is 0.466 e. The first-order valence-corrected chi connectivity index (χ1v) is 4.55. The van der Waals surface area contributed by atoms with Gasteiger partial charge in [-0.3, -0.25) is 4.79 Å². The molecular formula is C10H18O2. The Bertz CT molecular complexity index is 139. The quantitative estimate of drug-likeness (QED) is 0.348. The van der Waals surface area contributed by atoms with Gasteiger partial charge in [-0.15, -0.1) is 0 Å². The van der Waals surface area contributed by atoms with Crippen molar-refractivity contribution in [1.82, 2.24) is 0 Å². The zero-order valence-electron chi connectivity index (χ0n) is 8.01. The maximum Gasteiger partial charge on any atom is 0.302 e. The van der Waals surface area contributed by atoms with E-state index in [1.807, 2.05) is 0 Å². The lowest BCUT2D eigenvalue weighted by atomic mass is 10.2. The third kappa shape index (κ3) is 9.21. The van der Waals surface area contributed by atoms with Gasteiger partial charge in [-0.2, -0.15) is 0 Å². The van der Waals surface area contributed by atoms with Crippen molar-refractivity contribution in [1.29, 1.82) is 0 Å². The Balaban J connectivity index is 3.05. The standard InChI is InChI=1S/C10H18O2/c1-3-4-5-6-7-8-9-12-10(2)11/h5-6H,3-4,7-9H2,1-2H3/b6-5+. The third-order valence-electron chi connectivity index (χ3n) is 1.44. The van der Waals surface area contributed by atoms with Crippen molar-refractivity contribution in [2.24, 2.45) is 0 Å². The fourth-order valence-corrected chi connectivity index (χ4v) is 0.819. The summed E-state index contributed by atoms with van der Waals surface area (Å²) < 4.78 is 4.78. The van der Waals surface area contributed by atoms with Crippen LogP contribution in [0.1, 0.15) is 39.5 Å². The molecule has 0 saturated heterocycles. The molecule has 0 rings (SSSR count). The fourth-order valence-electron chi connectivity index (χ4n) is 0.819. The van der Waals surface area contributed by atoms with Crippen LogP contribution in [0.4, 0.5) is 0 Å². The van der Waals surface area contributed by atoms with E-state index in [2.05, 4.69) is 19.1 Å². The highest BCUT2D eigenvalue weighted by Crippen LogP contribution is 1.95. The zero-order valence-corrected chi connectivity index (χ0v) is 8.01. The first kappa shape index (κ1) is 11.2.